The number of carbonyl (C=O) groups is 1. The Bertz CT molecular complexity index is 949. The molecular formula is C19H24N6O5. The smallest absolute Gasteiger partial charge is 0.338 e. The molecule has 0 aliphatic rings. The Morgan fingerprint density at radius 1 is 0.900 bits per heavy atom. The van der Waals surface area contributed by atoms with E-state index in [1.54, 1.807) is 35.2 Å². The van der Waals surface area contributed by atoms with Crippen molar-refractivity contribution in [1.82, 2.24) is 19.5 Å². The number of ether oxygens (including phenoxy) is 4. The molecule has 2 aromatic heterocycles. The number of nitrogens with two attached hydrogens (primary N) is 2. The number of anilines is 2. The summed E-state index contributed by atoms with van der Waals surface area (Å²) < 4.78 is 23.1. The summed E-state index contributed by atoms with van der Waals surface area (Å²) in [5.41, 5.74) is 12.9. The van der Waals surface area contributed by atoms with E-state index in [1.165, 1.54) is 0 Å². The van der Waals surface area contributed by atoms with Crippen molar-refractivity contribution >= 4 is 28.9 Å². The van der Waals surface area contributed by atoms with E-state index in [1.807, 2.05) is 6.07 Å². The number of imidazole rings is 1. The van der Waals surface area contributed by atoms with Gasteiger partial charge in [0.1, 0.15) is 18.9 Å². The Morgan fingerprint density at radius 3 is 2.30 bits per heavy atom. The maximum atomic E-state index is 11.7. The highest BCUT2D eigenvalue weighted by molar-refractivity contribution is 5.89. The maximum Gasteiger partial charge on any atom is 0.338 e. The van der Waals surface area contributed by atoms with Crippen LogP contribution >= 0.6 is 0 Å². The molecular weight excluding hydrogens is 392 g/mol. The standard InChI is InChI=1S/C19H24N6O5/c20-16-15-17(24-19(21)23-16)25(12-22-15)13-29-9-8-27-6-7-28-10-11-30-18(26)14-4-2-1-3-5-14/h1-5,12H,6-11,13H2,(H4,20,21,23,24). The van der Waals surface area contributed by atoms with Gasteiger partial charge < -0.3 is 30.4 Å². The van der Waals surface area contributed by atoms with E-state index < -0.39 is 0 Å². The first-order valence-electron chi connectivity index (χ1n) is 9.34. The zero-order chi connectivity index (χ0) is 21.2. The van der Waals surface area contributed by atoms with Crippen molar-refractivity contribution in [3.8, 4) is 0 Å². The zero-order valence-electron chi connectivity index (χ0n) is 16.4. The summed E-state index contributed by atoms with van der Waals surface area (Å²) in [6.07, 6.45) is 1.56. The second-order valence-corrected chi connectivity index (χ2v) is 6.12. The first-order valence-corrected chi connectivity index (χ1v) is 9.34. The molecule has 11 nitrogen and oxygen atoms in total. The highest BCUT2D eigenvalue weighted by atomic mass is 16.6. The molecule has 0 fully saturated rings. The molecule has 0 aliphatic carbocycles. The number of hydrogen-bond acceptors (Lipinski definition) is 10. The number of carbonyl (C=O) groups excluding carboxylic acids is 1. The Balaban J connectivity index is 1.20. The predicted octanol–water partition coefficient (Wildman–Crippen LogP) is 0.855. The highest BCUT2D eigenvalue weighted by Crippen LogP contribution is 2.16. The molecule has 0 amide bonds. The first kappa shape index (κ1) is 21.4. The summed E-state index contributed by atoms with van der Waals surface area (Å²) >= 11 is 0. The third kappa shape index (κ3) is 6.11. The molecule has 0 aliphatic heterocycles. The molecule has 0 saturated carbocycles. The number of esters is 1. The fourth-order valence-electron chi connectivity index (χ4n) is 2.53. The molecule has 0 unspecified atom stereocenters. The molecule has 11 heteroatoms. The van der Waals surface area contributed by atoms with Crippen LogP contribution in [0.4, 0.5) is 11.8 Å². The van der Waals surface area contributed by atoms with Gasteiger partial charge in [-0.15, -0.1) is 0 Å². The molecule has 0 spiro atoms. The topological polar surface area (TPSA) is 150 Å². The average molecular weight is 416 g/mol. The minimum Gasteiger partial charge on any atom is -0.460 e. The predicted molar refractivity (Wildman–Crippen MR) is 108 cm³/mol. The fourth-order valence-corrected chi connectivity index (χ4v) is 2.53. The van der Waals surface area contributed by atoms with Crippen molar-refractivity contribution in [2.75, 3.05) is 51.1 Å². The number of nitrogen functional groups attached to an aromatic ring is 2. The van der Waals surface area contributed by atoms with Crippen molar-refractivity contribution < 1.29 is 23.7 Å². The number of hydrogen-bond donors (Lipinski definition) is 2. The molecule has 4 N–H and O–H groups in total. The molecule has 0 saturated heterocycles. The third-order valence-corrected chi connectivity index (χ3v) is 3.95. The van der Waals surface area contributed by atoms with Crippen LogP contribution in [-0.4, -0.2) is 65.1 Å². The second-order valence-electron chi connectivity index (χ2n) is 6.12. The van der Waals surface area contributed by atoms with E-state index in [2.05, 4.69) is 15.0 Å². The van der Waals surface area contributed by atoms with Gasteiger partial charge in [-0.2, -0.15) is 9.97 Å². The fraction of sp³-hybridized carbons (Fsp3) is 0.368. The summed E-state index contributed by atoms with van der Waals surface area (Å²) in [6.45, 7) is 2.31. The normalized spacial score (nSPS) is 11.1. The van der Waals surface area contributed by atoms with Crippen LogP contribution in [0.5, 0.6) is 0 Å². The Morgan fingerprint density at radius 2 is 1.57 bits per heavy atom. The Labute approximate surface area is 172 Å². The van der Waals surface area contributed by atoms with Crippen LogP contribution in [0.1, 0.15) is 10.4 Å². The molecule has 1 aromatic carbocycles. The molecule has 160 valence electrons. The van der Waals surface area contributed by atoms with Gasteiger partial charge in [0.05, 0.1) is 44.9 Å². The number of nitrogens with zero attached hydrogens (tertiary/aromatic N) is 4. The van der Waals surface area contributed by atoms with Gasteiger partial charge in [0, 0.05) is 0 Å². The van der Waals surface area contributed by atoms with E-state index in [-0.39, 0.29) is 31.1 Å². The summed E-state index contributed by atoms with van der Waals surface area (Å²) in [7, 11) is 0. The van der Waals surface area contributed by atoms with E-state index in [0.717, 1.165) is 0 Å². The van der Waals surface area contributed by atoms with E-state index in [9.17, 15) is 4.79 Å². The van der Waals surface area contributed by atoms with Gasteiger partial charge in [0.15, 0.2) is 11.5 Å². The van der Waals surface area contributed by atoms with Crippen molar-refractivity contribution in [1.29, 1.82) is 0 Å². The summed E-state index contributed by atoms with van der Waals surface area (Å²) in [6, 6.07) is 8.81. The summed E-state index contributed by atoms with van der Waals surface area (Å²) in [5.74, 6) is -0.0514. The van der Waals surface area contributed by atoms with Crippen molar-refractivity contribution in [2.24, 2.45) is 0 Å². The van der Waals surface area contributed by atoms with Crippen molar-refractivity contribution in [2.45, 2.75) is 6.73 Å². The van der Waals surface area contributed by atoms with E-state index in [0.29, 0.717) is 49.8 Å². The van der Waals surface area contributed by atoms with Gasteiger partial charge in [-0.1, -0.05) is 18.2 Å². The second kappa shape index (κ2) is 11.0. The van der Waals surface area contributed by atoms with Crippen LogP contribution in [0.2, 0.25) is 0 Å². The van der Waals surface area contributed by atoms with Crippen molar-refractivity contribution in [3.05, 3.63) is 42.2 Å². The van der Waals surface area contributed by atoms with Gasteiger partial charge in [-0.3, -0.25) is 4.57 Å². The molecule has 2 heterocycles. The summed E-state index contributed by atoms with van der Waals surface area (Å²) in [5, 5.41) is 0. The Kier molecular flexibility index (Phi) is 7.89. The zero-order valence-corrected chi connectivity index (χ0v) is 16.4. The van der Waals surface area contributed by atoms with Crippen LogP contribution in [0.3, 0.4) is 0 Å². The maximum absolute atomic E-state index is 11.7. The minimum atomic E-state index is -0.366. The van der Waals surface area contributed by atoms with Gasteiger partial charge >= 0.3 is 5.97 Å². The lowest BCUT2D eigenvalue weighted by Crippen LogP contribution is -2.14. The van der Waals surface area contributed by atoms with Crippen LogP contribution in [0.25, 0.3) is 11.2 Å². The van der Waals surface area contributed by atoms with Crippen LogP contribution in [0.15, 0.2) is 36.7 Å². The van der Waals surface area contributed by atoms with Gasteiger partial charge in [-0.25, -0.2) is 9.78 Å². The number of fused-ring (bicyclic) bond motifs is 1. The van der Waals surface area contributed by atoms with Crippen molar-refractivity contribution in [3.63, 3.8) is 0 Å². The largest absolute Gasteiger partial charge is 0.460 e. The third-order valence-electron chi connectivity index (χ3n) is 3.95. The van der Waals surface area contributed by atoms with Crippen LogP contribution < -0.4 is 11.5 Å². The molecule has 3 aromatic rings. The van der Waals surface area contributed by atoms with Gasteiger partial charge in [0.25, 0.3) is 0 Å². The number of aromatic nitrogens is 4. The highest BCUT2D eigenvalue weighted by Gasteiger charge is 2.09. The SMILES string of the molecule is Nc1nc(N)c2ncn(COCCOCCOCCOC(=O)c3ccccc3)c2n1. The van der Waals surface area contributed by atoms with Crippen LogP contribution in [0, 0.1) is 0 Å². The minimum absolute atomic E-state index is 0.0833. The molecule has 0 atom stereocenters. The molecule has 30 heavy (non-hydrogen) atoms. The summed E-state index contributed by atoms with van der Waals surface area (Å²) in [4.78, 5) is 23.9. The van der Waals surface area contributed by atoms with Gasteiger partial charge in [0.2, 0.25) is 5.95 Å². The van der Waals surface area contributed by atoms with E-state index in [4.69, 9.17) is 30.4 Å². The van der Waals surface area contributed by atoms with Crippen LogP contribution in [-0.2, 0) is 25.7 Å². The lowest BCUT2D eigenvalue weighted by atomic mass is 10.2. The molecule has 3 rings (SSSR count). The monoisotopic (exact) mass is 416 g/mol. The average Bonchev–Trinajstić information content (AvgIpc) is 3.15. The number of benzene rings is 1. The molecule has 0 radical (unpaired) electrons. The molecule has 0 bridgehead atoms. The lowest BCUT2D eigenvalue weighted by Gasteiger charge is -2.08. The number of rotatable bonds is 12. The Hall–Kier alpha value is -3.28. The lowest BCUT2D eigenvalue weighted by molar-refractivity contribution is -0.00926. The first-order chi connectivity index (χ1) is 14.6. The van der Waals surface area contributed by atoms with Gasteiger partial charge in [-0.05, 0) is 12.1 Å². The van der Waals surface area contributed by atoms with E-state index >= 15 is 0 Å². The quantitative estimate of drug-likeness (QED) is 0.321.